The molecule has 0 saturated heterocycles. The maximum absolute atomic E-state index is 12.2. The van der Waals surface area contributed by atoms with E-state index in [9.17, 15) is 4.79 Å². The standard InChI is InChI=1S/C18H19BrN4OS/c1-12-4-3-5-14(8-12)23-11-20-22-18(23)25-10-17(24)21-16-7-6-13(2)9-15(16)19/h5-9,11H,3-4,10H2,1-2H3,(H,21,24). The highest BCUT2D eigenvalue weighted by molar-refractivity contribution is 9.10. The summed E-state index contributed by atoms with van der Waals surface area (Å²) in [6.07, 6.45) is 8.10. The number of nitrogens with zero attached hydrogens (tertiary/aromatic N) is 3. The zero-order valence-corrected chi connectivity index (χ0v) is 16.5. The summed E-state index contributed by atoms with van der Waals surface area (Å²) in [5.74, 6) is 0.197. The number of aromatic nitrogens is 3. The average Bonchev–Trinajstić information content (AvgIpc) is 3.04. The van der Waals surface area contributed by atoms with Gasteiger partial charge in [0.15, 0.2) is 5.16 Å². The first-order valence-electron chi connectivity index (χ1n) is 7.99. The summed E-state index contributed by atoms with van der Waals surface area (Å²) in [4.78, 5) is 12.2. The topological polar surface area (TPSA) is 59.8 Å². The van der Waals surface area contributed by atoms with Crippen LogP contribution in [0.5, 0.6) is 0 Å². The largest absolute Gasteiger partial charge is 0.324 e. The van der Waals surface area contributed by atoms with Crippen LogP contribution in [-0.2, 0) is 4.79 Å². The zero-order chi connectivity index (χ0) is 17.8. The van der Waals surface area contributed by atoms with Gasteiger partial charge in [0.25, 0.3) is 0 Å². The van der Waals surface area contributed by atoms with Crippen LogP contribution in [-0.4, -0.2) is 26.4 Å². The molecule has 1 aliphatic carbocycles. The summed E-state index contributed by atoms with van der Waals surface area (Å²) in [6.45, 7) is 4.13. The minimum Gasteiger partial charge on any atom is -0.324 e. The van der Waals surface area contributed by atoms with Crippen LogP contribution in [0.25, 0.3) is 5.70 Å². The van der Waals surface area contributed by atoms with Gasteiger partial charge in [-0.2, -0.15) is 0 Å². The molecule has 2 aromatic rings. The molecule has 0 bridgehead atoms. The van der Waals surface area contributed by atoms with E-state index in [4.69, 9.17) is 0 Å². The van der Waals surface area contributed by atoms with Crippen molar-refractivity contribution < 1.29 is 4.79 Å². The van der Waals surface area contributed by atoms with Gasteiger partial charge < -0.3 is 5.32 Å². The Bertz CT molecular complexity index is 857. The number of benzene rings is 1. The van der Waals surface area contributed by atoms with E-state index < -0.39 is 0 Å². The number of rotatable bonds is 5. The fourth-order valence-electron chi connectivity index (χ4n) is 2.54. The summed E-state index contributed by atoms with van der Waals surface area (Å²) < 4.78 is 2.81. The van der Waals surface area contributed by atoms with E-state index in [1.807, 2.05) is 29.7 Å². The zero-order valence-electron chi connectivity index (χ0n) is 14.1. The predicted molar refractivity (Wildman–Crippen MR) is 106 cm³/mol. The van der Waals surface area contributed by atoms with Crippen LogP contribution >= 0.6 is 27.7 Å². The number of allylic oxidation sites excluding steroid dienone is 4. The van der Waals surface area contributed by atoms with Crippen LogP contribution in [0.3, 0.4) is 0 Å². The summed E-state index contributed by atoms with van der Waals surface area (Å²) >= 11 is 4.85. The van der Waals surface area contributed by atoms with Gasteiger partial charge in [-0.1, -0.05) is 29.5 Å². The van der Waals surface area contributed by atoms with Crippen molar-refractivity contribution in [2.75, 3.05) is 11.1 Å². The minimum absolute atomic E-state index is 0.0755. The van der Waals surface area contributed by atoms with Gasteiger partial charge in [0.05, 0.1) is 11.4 Å². The summed E-state index contributed by atoms with van der Waals surface area (Å²) in [5.41, 5.74) is 4.31. The van der Waals surface area contributed by atoms with Crippen LogP contribution in [0.4, 0.5) is 5.69 Å². The number of halogens is 1. The highest BCUT2D eigenvalue weighted by Crippen LogP contribution is 2.26. The normalized spacial score (nSPS) is 14.0. The van der Waals surface area contributed by atoms with Crippen molar-refractivity contribution in [3.05, 3.63) is 52.3 Å². The molecule has 25 heavy (non-hydrogen) atoms. The molecular weight excluding hydrogens is 400 g/mol. The Kier molecular flexibility index (Phi) is 5.75. The van der Waals surface area contributed by atoms with E-state index in [0.717, 1.165) is 39.4 Å². The minimum atomic E-state index is -0.0755. The van der Waals surface area contributed by atoms with Crippen LogP contribution in [0.1, 0.15) is 25.3 Å². The van der Waals surface area contributed by atoms with Crippen LogP contribution < -0.4 is 5.32 Å². The van der Waals surface area contributed by atoms with Gasteiger partial charge in [0.2, 0.25) is 5.91 Å². The maximum atomic E-state index is 12.2. The smallest absolute Gasteiger partial charge is 0.234 e. The molecule has 0 aliphatic heterocycles. The lowest BCUT2D eigenvalue weighted by molar-refractivity contribution is -0.113. The molecule has 130 valence electrons. The second-order valence-corrected chi connectivity index (χ2v) is 7.76. The Morgan fingerprint density at radius 3 is 3.00 bits per heavy atom. The summed E-state index contributed by atoms with van der Waals surface area (Å²) in [6, 6.07) is 5.84. The molecule has 1 heterocycles. The van der Waals surface area contributed by atoms with Crippen LogP contribution in [0.15, 0.2) is 51.9 Å². The Hall–Kier alpha value is -1.86. The first-order chi connectivity index (χ1) is 12.0. The molecule has 0 saturated carbocycles. The molecule has 0 radical (unpaired) electrons. The van der Waals surface area contributed by atoms with Gasteiger partial charge in [0, 0.05) is 10.2 Å². The third-order valence-electron chi connectivity index (χ3n) is 3.81. The van der Waals surface area contributed by atoms with Gasteiger partial charge in [-0.3, -0.25) is 9.36 Å². The van der Waals surface area contributed by atoms with Gasteiger partial charge in [-0.05, 0) is 66.4 Å². The fraction of sp³-hybridized carbons (Fsp3) is 0.278. The molecule has 1 N–H and O–H groups in total. The number of hydrogen-bond donors (Lipinski definition) is 1. The lowest BCUT2D eigenvalue weighted by Crippen LogP contribution is -2.15. The highest BCUT2D eigenvalue weighted by atomic mass is 79.9. The molecule has 5 nitrogen and oxygen atoms in total. The van der Waals surface area contributed by atoms with E-state index in [1.54, 1.807) is 6.33 Å². The predicted octanol–water partition coefficient (Wildman–Crippen LogP) is 4.66. The maximum Gasteiger partial charge on any atom is 0.234 e. The summed E-state index contributed by atoms with van der Waals surface area (Å²) in [7, 11) is 0. The third-order valence-corrected chi connectivity index (χ3v) is 5.41. The van der Waals surface area contributed by atoms with E-state index in [2.05, 4.69) is 50.5 Å². The van der Waals surface area contributed by atoms with Crippen molar-refractivity contribution in [1.82, 2.24) is 14.8 Å². The monoisotopic (exact) mass is 418 g/mol. The number of aryl methyl sites for hydroxylation is 1. The highest BCUT2D eigenvalue weighted by Gasteiger charge is 2.13. The SMILES string of the molecule is CC1=CC(n2cnnc2SCC(=O)Nc2ccc(C)cc2Br)=CCC1. The lowest BCUT2D eigenvalue weighted by Gasteiger charge is -2.13. The molecule has 1 amide bonds. The molecule has 1 aromatic carbocycles. The van der Waals surface area contributed by atoms with Crippen LogP contribution in [0.2, 0.25) is 0 Å². The molecule has 0 unspecified atom stereocenters. The molecule has 7 heteroatoms. The van der Waals surface area contributed by atoms with E-state index in [-0.39, 0.29) is 11.7 Å². The van der Waals surface area contributed by atoms with Crippen molar-refractivity contribution in [3.63, 3.8) is 0 Å². The van der Waals surface area contributed by atoms with E-state index in [0.29, 0.717) is 0 Å². The first kappa shape index (κ1) is 17.9. The van der Waals surface area contributed by atoms with Gasteiger partial charge >= 0.3 is 0 Å². The van der Waals surface area contributed by atoms with Crippen LogP contribution in [0, 0.1) is 6.92 Å². The van der Waals surface area contributed by atoms with Crippen molar-refractivity contribution in [2.24, 2.45) is 0 Å². The molecular formula is C18H19BrN4OS. The van der Waals surface area contributed by atoms with E-state index in [1.165, 1.54) is 17.3 Å². The second-order valence-electron chi connectivity index (χ2n) is 5.96. The third kappa shape index (κ3) is 4.61. The average molecular weight is 419 g/mol. The van der Waals surface area contributed by atoms with Crippen molar-refractivity contribution >= 4 is 45.0 Å². The van der Waals surface area contributed by atoms with Gasteiger partial charge in [0.1, 0.15) is 6.33 Å². The Morgan fingerprint density at radius 1 is 1.40 bits per heavy atom. The Morgan fingerprint density at radius 2 is 2.24 bits per heavy atom. The molecule has 0 spiro atoms. The van der Waals surface area contributed by atoms with Crippen molar-refractivity contribution in [3.8, 4) is 0 Å². The molecule has 1 aromatic heterocycles. The molecule has 0 fully saturated rings. The molecule has 0 atom stereocenters. The molecule has 1 aliphatic rings. The van der Waals surface area contributed by atoms with E-state index >= 15 is 0 Å². The second kappa shape index (κ2) is 8.01. The Balaban J connectivity index is 1.63. The first-order valence-corrected chi connectivity index (χ1v) is 9.77. The number of carbonyl (C=O) groups excluding carboxylic acids is 1. The summed E-state index contributed by atoms with van der Waals surface area (Å²) in [5, 5.41) is 11.8. The number of hydrogen-bond acceptors (Lipinski definition) is 4. The Labute approximate surface area is 159 Å². The van der Waals surface area contributed by atoms with Gasteiger partial charge in [-0.15, -0.1) is 10.2 Å². The van der Waals surface area contributed by atoms with Crippen molar-refractivity contribution in [1.29, 1.82) is 0 Å². The quantitative estimate of drug-likeness (QED) is 0.717. The number of thioether (sulfide) groups is 1. The molecule has 3 rings (SSSR count). The lowest BCUT2D eigenvalue weighted by atomic mass is 10.1. The number of anilines is 1. The number of carbonyl (C=O) groups is 1. The number of nitrogens with one attached hydrogen (secondary N) is 1. The number of amides is 1. The van der Waals surface area contributed by atoms with Gasteiger partial charge in [-0.25, -0.2) is 0 Å². The fourth-order valence-corrected chi connectivity index (χ4v) is 3.86. The van der Waals surface area contributed by atoms with Crippen molar-refractivity contribution in [2.45, 2.75) is 31.8 Å².